The van der Waals surface area contributed by atoms with Crippen molar-refractivity contribution in [3.63, 3.8) is 0 Å². The van der Waals surface area contributed by atoms with Crippen molar-refractivity contribution in [1.29, 1.82) is 0 Å². The molecule has 27 heavy (non-hydrogen) atoms. The van der Waals surface area contributed by atoms with Crippen molar-refractivity contribution in [3.8, 4) is 22.6 Å². The second-order valence-electron chi connectivity index (χ2n) is 6.61. The molecule has 0 unspecified atom stereocenters. The molecule has 148 valence electrons. The molecule has 0 saturated heterocycles. The Labute approximate surface area is 162 Å². The summed E-state index contributed by atoms with van der Waals surface area (Å²) in [7, 11) is 0. The number of ether oxygens (including phenoxy) is 2. The highest BCUT2D eigenvalue weighted by Gasteiger charge is 2.11. The Bertz CT molecular complexity index is 697. The fourth-order valence-electron chi connectivity index (χ4n) is 3.07. The van der Waals surface area contributed by atoms with Gasteiger partial charge in [0.2, 0.25) is 0 Å². The van der Waals surface area contributed by atoms with E-state index >= 15 is 0 Å². The number of aliphatic hydroxyl groups excluding tert-OH is 2. The normalized spacial score (nSPS) is 10.8. The molecule has 0 bridgehead atoms. The number of rotatable bonds is 12. The molecule has 0 fully saturated rings. The average Bonchev–Trinajstić information content (AvgIpc) is 2.69. The lowest BCUT2D eigenvalue weighted by molar-refractivity contribution is 0.211. The summed E-state index contributed by atoms with van der Waals surface area (Å²) in [6.07, 6.45) is 4.37. The summed E-state index contributed by atoms with van der Waals surface area (Å²) in [5.41, 5.74) is 5.02. The number of aryl methyl sites for hydroxylation is 2. The third-order valence-electron chi connectivity index (χ3n) is 4.46. The zero-order valence-electron chi connectivity index (χ0n) is 16.5. The molecule has 0 heterocycles. The van der Waals surface area contributed by atoms with Crippen LogP contribution in [0.1, 0.15) is 44.2 Å². The Morgan fingerprint density at radius 1 is 0.815 bits per heavy atom. The van der Waals surface area contributed by atoms with Crippen LogP contribution in [0.2, 0.25) is 0 Å². The standard InChI is InChI=1S/C23H32O4/c1-3-7-18-8-10-21(19(4-2)16-18)20-9-11-22(26-14-5-12-24)23(17-20)27-15-6-13-25/h8-11,16-17,24-25H,3-7,12-15H2,1-2H3. The summed E-state index contributed by atoms with van der Waals surface area (Å²) in [5.74, 6) is 1.35. The van der Waals surface area contributed by atoms with Crippen LogP contribution < -0.4 is 9.47 Å². The summed E-state index contributed by atoms with van der Waals surface area (Å²) < 4.78 is 11.6. The van der Waals surface area contributed by atoms with E-state index in [1.807, 2.05) is 12.1 Å². The maximum absolute atomic E-state index is 9.02. The number of hydrogen-bond donors (Lipinski definition) is 2. The zero-order valence-corrected chi connectivity index (χ0v) is 16.5. The van der Waals surface area contributed by atoms with Gasteiger partial charge in [-0.3, -0.25) is 0 Å². The molecule has 4 nitrogen and oxygen atoms in total. The van der Waals surface area contributed by atoms with Crippen LogP contribution >= 0.6 is 0 Å². The van der Waals surface area contributed by atoms with Crippen LogP contribution in [-0.4, -0.2) is 36.6 Å². The van der Waals surface area contributed by atoms with E-state index in [0.717, 1.165) is 24.8 Å². The predicted octanol–water partition coefficient (Wildman–Crippen LogP) is 4.39. The van der Waals surface area contributed by atoms with Crippen molar-refractivity contribution in [2.24, 2.45) is 0 Å². The topological polar surface area (TPSA) is 58.9 Å². The minimum atomic E-state index is 0.0965. The van der Waals surface area contributed by atoms with Crippen LogP contribution in [0.15, 0.2) is 36.4 Å². The third kappa shape index (κ3) is 6.26. The Hall–Kier alpha value is -2.04. The van der Waals surface area contributed by atoms with Crippen LogP contribution in [0.4, 0.5) is 0 Å². The number of aliphatic hydroxyl groups is 2. The third-order valence-corrected chi connectivity index (χ3v) is 4.46. The van der Waals surface area contributed by atoms with E-state index in [1.165, 1.54) is 16.7 Å². The molecule has 0 atom stereocenters. The van der Waals surface area contributed by atoms with Gasteiger partial charge in [-0.25, -0.2) is 0 Å². The number of hydrogen-bond acceptors (Lipinski definition) is 4. The minimum Gasteiger partial charge on any atom is -0.490 e. The highest BCUT2D eigenvalue weighted by Crippen LogP contribution is 2.35. The summed E-state index contributed by atoms with van der Waals surface area (Å²) in [6, 6.07) is 12.7. The largest absolute Gasteiger partial charge is 0.490 e. The van der Waals surface area contributed by atoms with E-state index in [1.54, 1.807) is 0 Å². The average molecular weight is 373 g/mol. The van der Waals surface area contributed by atoms with Gasteiger partial charge in [-0.1, -0.05) is 44.5 Å². The lowest BCUT2D eigenvalue weighted by Crippen LogP contribution is -2.05. The molecule has 2 aromatic carbocycles. The fourth-order valence-corrected chi connectivity index (χ4v) is 3.07. The van der Waals surface area contributed by atoms with Gasteiger partial charge in [-0.15, -0.1) is 0 Å². The van der Waals surface area contributed by atoms with Crippen molar-refractivity contribution in [2.45, 2.75) is 46.0 Å². The van der Waals surface area contributed by atoms with Gasteiger partial charge in [-0.05, 0) is 47.2 Å². The lowest BCUT2D eigenvalue weighted by Gasteiger charge is -2.16. The SMILES string of the molecule is CCCc1ccc(-c2ccc(OCCCO)c(OCCCO)c2)c(CC)c1. The highest BCUT2D eigenvalue weighted by atomic mass is 16.5. The first-order valence-electron chi connectivity index (χ1n) is 9.97. The molecule has 0 amide bonds. The highest BCUT2D eigenvalue weighted by molar-refractivity contribution is 5.71. The zero-order chi connectivity index (χ0) is 19.5. The molecule has 2 rings (SSSR count). The van der Waals surface area contributed by atoms with E-state index in [4.69, 9.17) is 19.7 Å². The van der Waals surface area contributed by atoms with Gasteiger partial charge < -0.3 is 19.7 Å². The van der Waals surface area contributed by atoms with Crippen LogP contribution in [-0.2, 0) is 12.8 Å². The Balaban J connectivity index is 2.31. The van der Waals surface area contributed by atoms with Crippen LogP contribution in [0, 0.1) is 0 Å². The minimum absolute atomic E-state index is 0.0965. The van der Waals surface area contributed by atoms with Gasteiger partial charge in [0.1, 0.15) is 0 Å². The second-order valence-corrected chi connectivity index (χ2v) is 6.61. The van der Waals surface area contributed by atoms with E-state index < -0.39 is 0 Å². The van der Waals surface area contributed by atoms with Crippen molar-refractivity contribution in [2.75, 3.05) is 26.4 Å². The Morgan fingerprint density at radius 2 is 1.52 bits per heavy atom. The van der Waals surface area contributed by atoms with Crippen LogP contribution in [0.5, 0.6) is 11.5 Å². The Morgan fingerprint density at radius 3 is 2.15 bits per heavy atom. The molecule has 0 aromatic heterocycles. The van der Waals surface area contributed by atoms with Crippen LogP contribution in [0.25, 0.3) is 11.1 Å². The first-order chi connectivity index (χ1) is 13.2. The molecule has 2 aromatic rings. The molecule has 0 aliphatic heterocycles. The van der Waals surface area contributed by atoms with Gasteiger partial charge in [0.05, 0.1) is 13.2 Å². The van der Waals surface area contributed by atoms with Crippen molar-refractivity contribution < 1.29 is 19.7 Å². The van der Waals surface area contributed by atoms with Crippen molar-refractivity contribution in [3.05, 3.63) is 47.5 Å². The molecule has 0 saturated carbocycles. The van der Waals surface area contributed by atoms with Gasteiger partial charge in [0, 0.05) is 26.1 Å². The van der Waals surface area contributed by atoms with E-state index in [0.29, 0.717) is 37.6 Å². The van der Waals surface area contributed by atoms with Gasteiger partial charge in [0.25, 0.3) is 0 Å². The fraction of sp³-hybridized carbons (Fsp3) is 0.478. The summed E-state index contributed by atoms with van der Waals surface area (Å²) in [5, 5.41) is 18.0. The molecule has 4 heteroatoms. The molecule has 0 aliphatic carbocycles. The molecule has 2 N–H and O–H groups in total. The van der Waals surface area contributed by atoms with Crippen molar-refractivity contribution in [1.82, 2.24) is 0 Å². The lowest BCUT2D eigenvalue weighted by atomic mass is 9.94. The molecule has 0 aliphatic rings. The maximum atomic E-state index is 9.02. The second kappa shape index (κ2) is 11.6. The quantitative estimate of drug-likeness (QED) is 0.543. The molecular weight excluding hydrogens is 340 g/mol. The molecular formula is C23H32O4. The summed E-state index contributed by atoms with van der Waals surface area (Å²) >= 11 is 0. The van der Waals surface area contributed by atoms with E-state index in [2.05, 4.69) is 38.1 Å². The van der Waals surface area contributed by atoms with Gasteiger partial charge in [-0.2, -0.15) is 0 Å². The first kappa shape index (κ1) is 21.3. The van der Waals surface area contributed by atoms with Gasteiger partial charge >= 0.3 is 0 Å². The van der Waals surface area contributed by atoms with E-state index in [-0.39, 0.29) is 13.2 Å². The monoisotopic (exact) mass is 372 g/mol. The smallest absolute Gasteiger partial charge is 0.161 e. The summed E-state index contributed by atoms with van der Waals surface area (Å²) in [4.78, 5) is 0. The molecule has 0 spiro atoms. The van der Waals surface area contributed by atoms with Gasteiger partial charge in [0.15, 0.2) is 11.5 Å². The summed E-state index contributed by atoms with van der Waals surface area (Å²) in [6.45, 7) is 5.46. The number of benzene rings is 2. The van der Waals surface area contributed by atoms with Crippen LogP contribution in [0.3, 0.4) is 0 Å². The molecule has 0 radical (unpaired) electrons. The maximum Gasteiger partial charge on any atom is 0.161 e. The predicted molar refractivity (Wildman–Crippen MR) is 110 cm³/mol. The first-order valence-corrected chi connectivity index (χ1v) is 9.97. The Kier molecular flexibility index (Phi) is 9.16. The van der Waals surface area contributed by atoms with Crippen molar-refractivity contribution >= 4 is 0 Å². The van der Waals surface area contributed by atoms with E-state index in [9.17, 15) is 0 Å².